The van der Waals surface area contributed by atoms with Crippen LogP contribution in [-0.2, 0) is 12.4 Å². The van der Waals surface area contributed by atoms with Crippen molar-refractivity contribution in [3.05, 3.63) is 55.0 Å². The molecule has 2 rings (SSSR count). The Labute approximate surface area is 186 Å². The lowest BCUT2D eigenvalue weighted by Crippen LogP contribution is -2.13. The number of halogens is 10. The Hall–Kier alpha value is -1.17. The standard InChI is InChI=1S/C16H7Br2Cl2F6NO2/c17-12(18)1-2-28-8-4-10(19)13(11(20)5-8)29-14-9(16(24,25)26)3-7(6-27-14)15(21,22)23/h1,3-6H,2H2. The Bertz CT molecular complexity index is 908. The summed E-state index contributed by atoms with van der Waals surface area (Å²) in [7, 11) is 0. The van der Waals surface area contributed by atoms with Crippen molar-refractivity contribution in [3.8, 4) is 17.4 Å². The molecule has 1 heterocycles. The highest BCUT2D eigenvalue weighted by Crippen LogP contribution is 2.44. The summed E-state index contributed by atoms with van der Waals surface area (Å²) < 4.78 is 88.8. The fraction of sp³-hybridized carbons (Fsp3) is 0.188. The number of pyridine rings is 1. The third-order valence-electron chi connectivity index (χ3n) is 3.14. The Kier molecular flexibility index (Phi) is 7.74. The van der Waals surface area contributed by atoms with Crippen molar-refractivity contribution >= 4 is 55.1 Å². The summed E-state index contributed by atoms with van der Waals surface area (Å²) in [6.07, 6.45) is -8.36. The smallest absolute Gasteiger partial charge is 0.421 e. The lowest BCUT2D eigenvalue weighted by atomic mass is 10.2. The highest BCUT2D eigenvalue weighted by Gasteiger charge is 2.40. The van der Waals surface area contributed by atoms with Crippen LogP contribution < -0.4 is 9.47 Å². The number of ether oxygens (including phenoxy) is 2. The van der Waals surface area contributed by atoms with Gasteiger partial charge in [0.15, 0.2) is 5.75 Å². The Morgan fingerprint density at radius 3 is 2.07 bits per heavy atom. The van der Waals surface area contributed by atoms with Crippen LogP contribution in [0, 0.1) is 0 Å². The number of nitrogens with zero attached hydrogens (tertiary/aromatic N) is 1. The first-order chi connectivity index (χ1) is 13.3. The second-order valence-electron chi connectivity index (χ2n) is 5.20. The van der Waals surface area contributed by atoms with Gasteiger partial charge in [-0.3, -0.25) is 0 Å². The molecule has 0 bridgehead atoms. The molecule has 0 aliphatic heterocycles. The summed E-state index contributed by atoms with van der Waals surface area (Å²) in [6.45, 7) is 0.109. The van der Waals surface area contributed by atoms with Gasteiger partial charge >= 0.3 is 12.4 Å². The van der Waals surface area contributed by atoms with Gasteiger partial charge in [0.2, 0.25) is 5.88 Å². The van der Waals surface area contributed by atoms with E-state index < -0.39 is 35.1 Å². The summed E-state index contributed by atoms with van der Waals surface area (Å²) in [5.41, 5.74) is -3.31. The molecule has 13 heteroatoms. The zero-order chi connectivity index (χ0) is 22.0. The summed E-state index contributed by atoms with van der Waals surface area (Å²) in [5.74, 6) is -1.37. The zero-order valence-electron chi connectivity index (χ0n) is 13.6. The minimum atomic E-state index is -5.17. The second-order valence-corrected chi connectivity index (χ2v) is 8.78. The van der Waals surface area contributed by atoms with Crippen LogP contribution in [0.2, 0.25) is 10.0 Å². The number of benzene rings is 1. The van der Waals surface area contributed by atoms with Crippen LogP contribution in [0.15, 0.2) is 33.9 Å². The molecule has 0 saturated carbocycles. The van der Waals surface area contributed by atoms with Gasteiger partial charge in [-0.05, 0) is 44.0 Å². The van der Waals surface area contributed by atoms with E-state index in [2.05, 4.69) is 36.8 Å². The van der Waals surface area contributed by atoms with Crippen molar-refractivity contribution in [2.24, 2.45) is 0 Å². The predicted octanol–water partition coefficient (Wildman–Crippen LogP) is 8.23. The maximum absolute atomic E-state index is 13.2. The average Bonchev–Trinajstić information content (AvgIpc) is 2.56. The van der Waals surface area contributed by atoms with Gasteiger partial charge in [-0.1, -0.05) is 23.2 Å². The Morgan fingerprint density at radius 2 is 1.59 bits per heavy atom. The molecule has 0 spiro atoms. The van der Waals surface area contributed by atoms with E-state index in [1.165, 1.54) is 12.1 Å². The largest absolute Gasteiger partial charge is 0.489 e. The molecule has 1 aromatic heterocycles. The molecule has 0 atom stereocenters. The fourth-order valence-corrected chi connectivity index (χ4v) is 2.72. The molecule has 2 aromatic rings. The first-order valence-electron chi connectivity index (χ1n) is 7.24. The predicted molar refractivity (Wildman–Crippen MR) is 102 cm³/mol. The van der Waals surface area contributed by atoms with E-state index in [0.717, 1.165) is 0 Å². The highest BCUT2D eigenvalue weighted by molar-refractivity contribution is 9.28. The summed E-state index contributed by atoms with van der Waals surface area (Å²) in [6, 6.07) is 2.33. The maximum atomic E-state index is 13.2. The molecular formula is C16H7Br2Cl2F6NO2. The highest BCUT2D eigenvalue weighted by atomic mass is 79.9. The normalized spacial score (nSPS) is 11.9. The molecule has 1 aromatic carbocycles. The molecule has 0 fully saturated rings. The van der Waals surface area contributed by atoms with Crippen LogP contribution >= 0.6 is 55.1 Å². The van der Waals surface area contributed by atoms with Gasteiger partial charge in [0.1, 0.15) is 17.9 Å². The van der Waals surface area contributed by atoms with Crippen LogP contribution in [0.25, 0.3) is 0 Å². The Morgan fingerprint density at radius 1 is 1.00 bits per heavy atom. The van der Waals surface area contributed by atoms with E-state index in [-0.39, 0.29) is 34.7 Å². The molecule has 3 nitrogen and oxygen atoms in total. The van der Waals surface area contributed by atoms with Crippen molar-refractivity contribution in [2.45, 2.75) is 12.4 Å². The number of hydrogen-bond donors (Lipinski definition) is 0. The van der Waals surface area contributed by atoms with Crippen molar-refractivity contribution in [3.63, 3.8) is 0 Å². The number of aromatic nitrogens is 1. The molecule has 0 amide bonds. The van der Waals surface area contributed by atoms with Gasteiger partial charge in [-0.2, -0.15) is 26.3 Å². The van der Waals surface area contributed by atoms with Crippen LogP contribution in [0.4, 0.5) is 26.3 Å². The minimum Gasteiger partial charge on any atom is -0.489 e. The minimum absolute atomic E-state index is 0.105. The maximum Gasteiger partial charge on any atom is 0.421 e. The SMILES string of the molecule is FC(F)(F)c1cnc(Oc2c(Cl)cc(OCC=C(Br)Br)cc2Cl)c(C(F)(F)F)c1. The molecule has 0 radical (unpaired) electrons. The number of rotatable bonds is 5. The van der Waals surface area contributed by atoms with Crippen LogP contribution in [0.3, 0.4) is 0 Å². The first kappa shape index (κ1) is 24.1. The summed E-state index contributed by atoms with van der Waals surface area (Å²) in [4.78, 5) is 3.15. The lowest BCUT2D eigenvalue weighted by Gasteiger charge is -2.16. The van der Waals surface area contributed by atoms with E-state index in [1.807, 2.05) is 0 Å². The lowest BCUT2D eigenvalue weighted by molar-refractivity contribution is -0.144. The molecule has 0 aliphatic rings. The van der Waals surface area contributed by atoms with E-state index in [4.69, 9.17) is 32.7 Å². The molecule has 29 heavy (non-hydrogen) atoms. The van der Waals surface area contributed by atoms with Crippen LogP contribution in [0.5, 0.6) is 17.4 Å². The number of hydrogen-bond acceptors (Lipinski definition) is 3. The van der Waals surface area contributed by atoms with E-state index >= 15 is 0 Å². The topological polar surface area (TPSA) is 31.4 Å². The van der Waals surface area contributed by atoms with Gasteiger partial charge in [-0.25, -0.2) is 4.98 Å². The van der Waals surface area contributed by atoms with Gasteiger partial charge in [0.05, 0.1) is 19.0 Å². The molecule has 0 unspecified atom stereocenters. The molecule has 158 valence electrons. The Balaban J connectivity index is 2.39. The van der Waals surface area contributed by atoms with Crippen molar-refractivity contribution in [1.29, 1.82) is 0 Å². The van der Waals surface area contributed by atoms with Crippen molar-refractivity contribution < 1.29 is 35.8 Å². The molecular weight excluding hydrogens is 583 g/mol. The summed E-state index contributed by atoms with van der Waals surface area (Å²) >= 11 is 18.2. The van der Waals surface area contributed by atoms with Crippen molar-refractivity contribution in [2.75, 3.05) is 6.61 Å². The van der Waals surface area contributed by atoms with Gasteiger partial charge in [0, 0.05) is 18.3 Å². The quantitative estimate of drug-likeness (QED) is 0.329. The number of alkyl halides is 6. The molecule has 0 saturated heterocycles. The fourth-order valence-electron chi connectivity index (χ4n) is 1.91. The third-order valence-corrected chi connectivity index (χ3v) is 4.35. The first-order valence-corrected chi connectivity index (χ1v) is 9.58. The summed E-state index contributed by atoms with van der Waals surface area (Å²) in [5, 5.41) is -0.464. The molecule has 0 aliphatic carbocycles. The van der Waals surface area contributed by atoms with Gasteiger partial charge in [0.25, 0.3) is 0 Å². The van der Waals surface area contributed by atoms with Gasteiger partial charge < -0.3 is 9.47 Å². The van der Waals surface area contributed by atoms with Crippen LogP contribution in [0.1, 0.15) is 11.1 Å². The third kappa shape index (κ3) is 6.66. The average molecular weight is 590 g/mol. The molecule has 0 N–H and O–H groups in total. The van der Waals surface area contributed by atoms with Gasteiger partial charge in [-0.15, -0.1) is 0 Å². The van der Waals surface area contributed by atoms with E-state index in [0.29, 0.717) is 3.39 Å². The van der Waals surface area contributed by atoms with E-state index in [1.54, 1.807) is 6.08 Å². The monoisotopic (exact) mass is 587 g/mol. The second kappa shape index (κ2) is 9.32. The van der Waals surface area contributed by atoms with Crippen molar-refractivity contribution in [1.82, 2.24) is 4.98 Å². The zero-order valence-corrected chi connectivity index (χ0v) is 18.3. The van der Waals surface area contributed by atoms with Crippen LogP contribution in [-0.4, -0.2) is 11.6 Å². The van der Waals surface area contributed by atoms with E-state index in [9.17, 15) is 26.3 Å².